The van der Waals surface area contributed by atoms with E-state index in [1.807, 2.05) is 12.1 Å². The van der Waals surface area contributed by atoms with Gasteiger partial charge in [-0.25, -0.2) is 24.1 Å². The van der Waals surface area contributed by atoms with Gasteiger partial charge in [-0.1, -0.05) is 11.6 Å². The summed E-state index contributed by atoms with van der Waals surface area (Å²) >= 11 is 6.14. The molecule has 2 aliphatic heterocycles. The Kier molecular flexibility index (Phi) is 8.93. The van der Waals surface area contributed by atoms with Crippen LogP contribution in [0.1, 0.15) is 18.4 Å². The summed E-state index contributed by atoms with van der Waals surface area (Å²) in [5.74, 6) is 1.36. The van der Waals surface area contributed by atoms with E-state index in [1.54, 1.807) is 25.5 Å². The lowest BCUT2D eigenvalue weighted by Crippen LogP contribution is -2.44. The molecular formula is C28H33ClFN7O3. The molecule has 10 nitrogen and oxygen atoms in total. The van der Waals surface area contributed by atoms with Crippen LogP contribution >= 0.6 is 11.6 Å². The smallest absolute Gasteiger partial charge is 0.407 e. The first-order chi connectivity index (χ1) is 19.3. The molecule has 0 radical (unpaired) electrons. The Hall–Kier alpha value is -3.54. The van der Waals surface area contributed by atoms with Crippen LogP contribution in [0, 0.1) is 11.7 Å². The van der Waals surface area contributed by atoms with Crippen LogP contribution in [0.5, 0.6) is 11.6 Å². The summed E-state index contributed by atoms with van der Waals surface area (Å²) in [5, 5.41) is 12.8. The van der Waals surface area contributed by atoms with Gasteiger partial charge in [0.1, 0.15) is 5.82 Å². The number of halogens is 2. The molecule has 2 aromatic heterocycles. The number of amides is 1. The Bertz CT molecular complexity index is 1300. The second-order valence-electron chi connectivity index (χ2n) is 10.3. The van der Waals surface area contributed by atoms with E-state index in [9.17, 15) is 14.3 Å². The maximum Gasteiger partial charge on any atom is 0.407 e. The van der Waals surface area contributed by atoms with E-state index in [0.29, 0.717) is 47.8 Å². The van der Waals surface area contributed by atoms with Crippen LogP contribution in [0.15, 0.2) is 42.7 Å². The SMILES string of the molecule is CN(CC1CCN(Cc2cc(Oc3cnc(N4CCNCC4)nc3)nc(-c3cc(F)cc(Cl)c3)c2)CC1)C(=O)O. The van der Waals surface area contributed by atoms with Crippen molar-refractivity contribution in [1.29, 1.82) is 0 Å². The highest BCUT2D eigenvalue weighted by Gasteiger charge is 2.22. The van der Waals surface area contributed by atoms with Crippen molar-refractivity contribution in [3.63, 3.8) is 0 Å². The van der Waals surface area contributed by atoms with E-state index in [1.165, 1.54) is 17.0 Å². The maximum atomic E-state index is 14.2. The zero-order valence-corrected chi connectivity index (χ0v) is 23.1. The van der Waals surface area contributed by atoms with Gasteiger partial charge in [0.2, 0.25) is 11.8 Å². The summed E-state index contributed by atoms with van der Waals surface area (Å²) in [6.45, 7) is 6.35. The van der Waals surface area contributed by atoms with Crippen LogP contribution in [-0.2, 0) is 6.54 Å². The monoisotopic (exact) mass is 569 g/mol. The molecule has 3 aromatic rings. The Balaban J connectivity index is 1.33. The number of aromatic nitrogens is 3. The molecule has 0 saturated carbocycles. The molecule has 0 spiro atoms. The number of anilines is 1. The standard InChI is InChI=1S/C28H33ClFN7O3/c1-35(28(38)39)17-19-2-6-36(7-3-19)18-20-10-25(21-12-22(29)14-23(30)13-21)34-26(11-20)40-24-15-32-27(33-16-24)37-8-4-31-5-9-37/h10-16,19,31H,2-9,17-18H2,1H3,(H,38,39). The molecule has 2 N–H and O–H groups in total. The van der Waals surface area contributed by atoms with E-state index >= 15 is 0 Å². The molecule has 0 atom stereocenters. The highest BCUT2D eigenvalue weighted by molar-refractivity contribution is 6.30. The first-order valence-electron chi connectivity index (χ1n) is 13.4. The minimum absolute atomic E-state index is 0.287. The van der Waals surface area contributed by atoms with Crippen LogP contribution < -0.4 is 15.0 Å². The third-order valence-electron chi connectivity index (χ3n) is 7.23. The number of piperazine rings is 1. The fraction of sp³-hybridized carbons (Fsp3) is 0.429. The molecular weight excluding hydrogens is 537 g/mol. The third-order valence-corrected chi connectivity index (χ3v) is 7.45. The molecule has 2 saturated heterocycles. The number of pyridine rings is 1. The number of hydrogen-bond donors (Lipinski definition) is 2. The number of carbonyl (C=O) groups is 1. The highest BCUT2D eigenvalue weighted by atomic mass is 35.5. The second-order valence-corrected chi connectivity index (χ2v) is 10.7. The predicted molar refractivity (Wildman–Crippen MR) is 150 cm³/mol. The van der Waals surface area contributed by atoms with Gasteiger partial charge in [-0.15, -0.1) is 0 Å². The van der Waals surface area contributed by atoms with Gasteiger partial charge in [0.25, 0.3) is 0 Å². The average molecular weight is 570 g/mol. The quantitative estimate of drug-likeness (QED) is 0.409. The zero-order valence-electron chi connectivity index (χ0n) is 22.4. The summed E-state index contributed by atoms with van der Waals surface area (Å²) in [6.07, 6.45) is 4.19. The van der Waals surface area contributed by atoms with Gasteiger partial charge in [-0.2, -0.15) is 0 Å². The molecule has 4 heterocycles. The molecule has 1 amide bonds. The Morgan fingerprint density at radius 1 is 1.12 bits per heavy atom. The van der Waals surface area contributed by atoms with Gasteiger partial charge in [-0.3, -0.25) is 4.90 Å². The first kappa shape index (κ1) is 28.0. The van der Waals surface area contributed by atoms with E-state index in [0.717, 1.165) is 57.7 Å². The van der Waals surface area contributed by atoms with E-state index < -0.39 is 11.9 Å². The molecule has 40 heavy (non-hydrogen) atoms. The lowest BCUT2D eigenvalue weighted by atomic mass is 9.96. The fourth-order valence-corrected chi connectivity index (χ4v) is 5.34. The van der Waals surface area contributed by atoms with Crippen LogP contribution in [0.4, 0.5) is 15.1 Å². The van der Waals surface area contributed by atoms with E-state index in [2.05, 4.69) is 30.1 Å². The number of nitrogens with one attached hydrogen (secondary N) is 1. The largest absolute Gasteiger partial charge is 0.465 e. The highest BCUT2D eigenvalue weighted by Crippen LogP contribution is 2.29. The Labute approximate surface area is 237 Å². The number of likely N-dealkylation sites (tertiary alicyclic amines) is 1. The van der Waals surface area contributed by atoms with Crippen molar-refractivity contribution in [3.05, 3.63) is 59.1 Å². The lowest BCUT2D eigenvalue weighted by molar-refractivity contribution is 0.126. The Morgan fingerprint density at radius 2 is 1.85 bits per heavy atom. The summed E-state index contributed by atoms with van der Waals surface area (Å²) in [7, 11) is 1.61. The van der Waals surface area contributed by atoms with Crippen molar-refractivity contribution in [3.8, 4) is 22.9 Å². The van der Waals surface area contributed by atoms with Crippen molar-refractivity contribution in [2.24, 2.45) is 5.92 Å². The average Bonchev–Trinajstić information content (AvgIpc) is 2.94. The topological polar surface area (TPSA) is 107 Å². The molecule has 212 valence electrons. The third kappa shape index (κ3) is 7.35. The predicted octanol–water partition coefficient (Wildman–Crippen LogP) is 4.35. The van der Waals surface area contributed by atoms with Crippen LogP contribution in [0.2, 0.25) is 5.02 Å². The summed E-state index contributed by atoms with van der Waals surface area (Å²) < 4.78 is 20.3. The molecule has 1 aromatic carbocycles. The van der Waals surface area contributed by atoms with Crippen LogP contribution in [0.3, 0.4) is 0 Å². The van der Waals surface area contributed by atoms with Gasteiger partial charge in [0, 0.05) is 63.0 Å². The Morgan fingerprint density at radius 3 is 2.52 bits per heavy atom. The van der Waals surface area contributed by atoms with Crippen molar-refractivity contribution >= 4 is 23.6 Å². The van der Waals surface area contributed by atoms with Crippen molar-refractivity contribution in [1.82, 2.24) is 30.1 Å². The normalized spacial score (nSPS) is 16.6. The molecule has 0 unspecified atom stereocenters. The minimum atomic E-state index is -0.902. The lowest BCUT2D eigenvalue weighted by Gasteiger charge is -2.33. The van der Waals surface area contributed by atoms with Gasteiger partial charge in [0.05, 0.1) is 18.1 Å². The van der Waals surface area contributed by atoms with Gasteiger partial charge in [-0.05, 0) is 61.7 Å². The summed E-state index contributed by atoms with van der Waals surface area (Å²) in [5.41, 5.74) is 2.06. The van der Waals surface area contributed by atoms with E-state index in [-0.39, 0.29) is 5.02 Å². The fourth-order valence-electron chi connectivity index (χ4n) is 5.11. The number of carboxylic acid groups (broad SMARTS) is 1. The van der Waals surface area contributed by atoms with Crippen LogP contribution in [0.25, 0.3) is 11.3 Å². The molecule has 5 rings (SSSR count). The molecule has 0 aliphatic carbocycles. The number of ether oxygens (including phenoxy) is 1. The van der Waals surface area contributed by atoms with E-state index in [4.69, 9.17) is 16.3 Å². The van der Waals surface area contributed by atoms with Gasteiger partial charge < -0.3 is 25.0 Å². The minimum Gasteiger partial charge on any atom is -0.465 e. The second kappa shape index (κ2) is 12.8. The molecule has 2 fully saturated rings. The van der Waals surface area contributed by atoms with Crippen molar-refractivity contribution in [2.75, 3.05) is 57.8 Å². The molecule has 2 aliphatic rings. The number of hydrogen-bond acceptors (Lipinski definition) is 8. The number of benzene rings is 1. The van der Waals surface area contributed by atoms with Gasteiger partial charge in [0.15, 0.2) is 5.75 Å². The summed E-state index contributed by atoms with van der Waals surface area (Å²) in [6, 6.07) is 8.13. The first-order valence-corrected chi connectivity index (χ1v) is 13.8. The summed E-state index contributed by atoms with van der Waals surface area (Å²) in [4.78, 5) is 30.6. The van der Waals surface area contributed by atoms with Crippen molar-refractivity contribution in [2.45, 2.75) is 19.4 Å². The molecule has 12 heteroatoms. The number of rotatable bonds is 8. The number of piperidine rings is 1. The molecule has 0 bridgehead atoms. The number of nitrogens with zero attached hydrogens (tertiary/aromatic N) is 6. The van der Waals surface area contributed by atoms with Crippen LogP contribution in [-0.4, -0.2) is 88.8 Å². The van der Waals surface area contributed by atoms with Crippen molar-refractivity contribution < 1.29 is 19.0 Å². The maximum absolute atomic E-state index is 14.2. The zero-order chi connectivity index (χ0) is 28.1. The van der Waals surface area contributed by atoms with Gasteiger partial charge >= 0.3 is 6.09 Å².